The van der Waals surface area contributed by atoms with Gasteiger partial charge >= 0.3 is 0 Å². The molecule has 0 radical (unpaired) electrons. The Balaban J connectivity index is 2.15. The van der Waals surface area contributed by atoms with E-state index >= 15 is 0 Å². The Bertz CT molecular complexity index is 486. The topological polar surface area (TPSA) is 20.2 Å². The van der Waals surface area contributed by atoms with E-state index in [-0.39, 0.29) is 17.7 Å². The molecule has 2 rings (SSSR count). The highest BCUT2D eigenvalue weighted by Crippen LogP contribution is 2.21. The lowest BCUT2D eigenvalue weighted by atomic mass is 10.0. The van der Waals surface area contributed by atoms with E-state index in [0.717, 1.165) is 17.7 Å². The number of benzene rings is 2. The predicted octanol–water partition coefficient (Wildman–Crippen LogP) is 3.46. The summed E-state index contributed by atoms with van der Waals surface area (Å²) in [5, 5.41) is 9.02. The Hall–Kier alpha value is -1.90. The van der Waals surface area contributed by atoms with Crippen LogP contribution >= 0.6 is 0 Å². The van der Waals surface area contributed by atoms with Crippen molar-refractivity contribution in [3.63, 3.8) is 0 Å². The van der Waals surface area contributed by atoms with Crippen LogP contribution in [0, 0.1) is 11.6 Å². The molecular weight excluding hydrogens is 222 g/mol. The fraction of sp³-hybridized carbons (Fsp3) is 0.143. The van der Waals surface area contributed by atoms with Crippen LogP contribution in [0.25, 0.3) is 0 Å². The molecule has 0 aromatic heterocycles. The molecule has 0 unspecified atom stereocenters. The van der Waals surface area contributed by atoms with Gasteiger partial charge in [0.05, 0.1) is 0 Å². The van der Waals surface area contributed by atoms with E-state index in [1.165, 1.54) is 0 Å². The summed E-state index contributed by atoms with van der Waals surface area (Å²) in [6, 6.07) is 11.4. The van der Waals surface area contributed by atoms with Gasteiger partial charge in [-0.25, -0.2) is 8.78 Å². The molecule has 0 heterocycles. The Morgan fingerprint density at radius 2 is 1.47 bits per heavy atom. The van der Waals surface area contributed by atoms with E-state index in [1.54, 1.807) is 0 Å². The van der Waals surface area contributed by atoms with Crippen molar-refractivity contribution in [1.82, 2.24) is 0 Å². The average molecular weight is 234 g/mol. The summed E-state index contributed by atoms with van der Waals surface area (Å²) in [5.74, 6) is -1.78. The first kappa shape index (κ1) is 11.6. The van der Waals surface area contributed by atoms with E-state index in [4.69, 9.17) is 5.11 Å². The standard InChI is InChI=1S/C14H12F2O/c15-13-8-11(17)9-14(16)12(13)7-6-10-4-2-1-3-5-10/h1-5,8-9,17H,6-7H2. The van der Waals surface area contributed by atoms with Gasteiger partial charge in [-0.15, -0.1) is 0 Å². The summed E-state index contributed by atoms with van der Waals surface area (Å²) in [5.41, 5.74) is 1.05. The van der Waals surface area contributed by atoms with Crippen LogP contribution in [0.15, 0.2) is 42.5 Å². The van der Waals surface area contributed by atoms with Gasteiger partial charge in [0.2, 0.25) is 0 Å². The van der Waals surface area contributed by atoms with Crippen LogP contribution < -0.4 is 0 Å². The zero-order valence-electron chi connectivity index (χ0n) is 9.16. The summed E-state index contributed by atoms with van der Waals surface area (Å²) in [6.07, 6.45) is 0.849. The second kappa shape index (κ2) is 4.95. The molecule has 0 saturated carbocycles. The molecule has 0 fully saturated rings. The summed E-state index contributed by atoms with van der Waals surface area (Å²) < 4.78 is 26.8. The first-order valence-electron chi connectivity index (χ1n) is 5.37. The molecule has 0 amide bonds. The van der Waals surface area contributed by atoms with Crippen LogP contribution in [-0.4, -0.2) is 5.11 Å². The first-order valence-corrected chi connectivity index (χ1v) is 5.37. The van der Waals surface area contributed by atoms with Crippen molar-refractivity contribution in [2.24, 2.45) is 0 Å². The maximum absolute atomic E-state index is 13.4. The van der Waals surface area contributed by atoms with Crippen LogP contribution in [0.5, 0.6) is 5.75 Å². The van der Waals surface area contributed by atoms with Gasteiger partial charge in [-0.1, -0.05) is 30.3 Å². The molecular formula is C14H12F2O. The fourth-order valence-electron chi connectivity index (χ4n) is 1.74. The number of aromatic hydroxyl groups is 1. The number of halogens is 2. The smallest absolute Gasteiger partial charge is 0.133 e. The highest BCUT2D eigenvalue weighted by atomic mass is 19.1. The van der Waals surface area contributed by atoms with Crippen molar-refractivity contribution < 1.29 is 13.9 Å². The minimum absolute atomic E-state index is 0.0200. The van der Waals surface area contributed by atoms with Crippen molar-refractivity contribution in [3.8, 4) is 5.75 Å². The maximum Gasteiger partial charge on any atom is 0.133 e. The maximum atomic E-state index is 13.4. The van der Waals surface area contributed by atoms with Gasteiger partial charge in [0.25, 0.3) is 0 Å². The van der Waals surface area contributed by atoms with Crippen LogP contribution in [-0.2, 0) is 12.8 Å². The van der Waals surface area contributed by atoms with Gasteiger partial charge in [-0.05, 0) is 18.4 Å². The summed E-state index contributed by atoms with van der Waals surface area (Å²) in [6.45, 7) is 0. The highest BCUT2D eigenvalue weighted by molar-refractivity contribution is 5.30. The molecule has 0 aliphatic heterocycles. The number of hydrogen-bond acceptors (Lipinski definition) is 1. The minimum Gasteiger partial charge on any atom is -0.508 e. The zero-order valence-corrected chi connectivity index (χ0v) is 9.16. The fourth-order valence-corrected chi connectivity index (χ4v) is 1.74. The van der Waals surface area contributed by atoms with E-state index < -0.39 is 11.6 Å². The molecule has 0 aliphatic rings. The van der Waals surface area contributed by atoms with Crippen molar-refractivity contribution in [3.05, 3.63) is 65.2 Å². The molecule has 1 N–H and O–H groups in total. The second-order valence-electron chi connectivity index (χ2n) is 3.87. The van der Waals surface area contributed by atoms with E-state index in [0.29, 0.717) is 6.42 Å². The zero-order chi connectivity index (χ0) is 12.3. The lowest BCUT2D eigenvalue weighted by Crippen LogP contribution is -1.98. The van der Waals surface area contributed by atoms with Crippen LogP contribution in [0.3, 0.4) is 0 Å². The Kier molecular flexibility index (Phi) is 3.38. The van der Waals surface area contributed by atoms with Crippen molar-refractivity contribution in [2.45, 2.75) is 12.8 Å². The van der Waals surface area contributed by atoms with Gasteiger partial charge < -0.3 is 5.11 Å². The Labute approximate surface area is 98.3 Å². The first-order chi connectivity index (χ1) is 8.16. The predicted molar refractivity (Wildman–Crippen MR) is 61.9 cm³/mol. The van der Waals surface area contributed by atoms with Crippen LogP contribution in [0.2, 0.25) is 0 Å². The van der Waals surface area contributed by atoms with E-state index in [1.807, 2.05) is 30.3 Å². The van der Waals surface area contributed by atoms with Gasteiger partial charge in [-0.2, -0.15) is 0 Å². The SMILES string of the molecule is Oc1cc(F)c(CCc2ccccc2)c(F)c1. The highest BCUT2D eigenvalue weighted by Gasteiger charge is 2.10. The molecule has 2 aromatic carbocycles. The minimum atomic E-state index is -0.696. The molecule has 0 aliphatic carbocycles. The Morgan fingerprint density at radius 1 is 0.882 bits per heavy atom. The van der Waals surface area contributed by atoms with Crippen molar-refractivity contribution in [2.75, 3.05) is 0 Å². The molecule has 3 heteroatoms. The molecule has 0 saturated heterocycles. The normalized spacial score (nSPS) is 10.5. The number of phenols is 1. The third-order valence-electron chi connectivity index (χ3n) is 2.63. The molecule has 88 valence electrons. The van der Waals surface area contributed by atoms with Crippen LogP contribution in [0.4, 0.5) is 8.78 Å². The van der Waals surface area contributed by atoms with Gasteiger partial charge in [0.1, 0.15) is 17.4 Å². The number of hydrogen-bond donors (Lipinski definition) is 1. The van der Waals surface area contributed by atoms with Crippen molar-refractivity contribution >= 4 is 0 Å². The molecule has 17 heavy (non-hydrogen) atoms. The van der Waals surface area contributed by atoms with E-state index in [9.17, 15) is 8.78 Å². The Morgan fingerprint density at radius 3 is 2.06 bits per heavy atom. The van der Waals surface area contributed by atoms with Crippen LogP contribution in [0.1, 0.15) is 11.1 Å². The van der Waals surface area contributed by atoms with Gasteiger partial charge in [-0.3, -0.25) is 0 Å². The third kappa shape index (κ3) is 2.81. The van der Waals surface area contributed by atoms with Crippen molar-refractivity contribution in [1.29, 1.82) is 0 Å². The van der Waals surface area contributed by atoms with Gasteiger partial charge in [0, 0.05) is 17.7 Å². The summed E-state index contributed by atoms with van der Waals surface area (Å²) in [4.78, 5) is 0. The number of phenolic OH excluding ortho intramolecular Hbond substituents is 1. The quantitative estimate of drug-likeness (QED) is 0.862. The largest absolute Gasteiger partial charge is 0.508 e. The summed E-state index contributed by atoms with van der Waals surface area (Å²) in [7, 11) is 0. The summed E-state index contributed by atoms with van der Waals surface area (Å²) >= 11 is 0. The lowest BCUT2D eigenvalue weighted by Gasteiger charge is -2.06. The lowest BCUT2D eigenvalue weighted by molar-refractivity contribution is 0.456. The molecule has 0 bridgehead atoms. The molecule has 0 atom stereocenters. The average Bonchev–Trinajstić information content (AvgIpc) is 2.29. The molecule has 1 nitrogen and oxygen atoms in total. The van der Waals surface area contributed by atoms with E-state index in [2.05, 4.69) is 0 Å². The number of rotatable bonds is 3. The molecule has 0 spiro atoms. The molecule has 2 aromatic rings. The third-order valence-corrected chi connectivity index (χ3v) is 2.63. The van der Waals surface area contributed by atoms with Gasteiger partial charge in [0.15, 0.2) is 0 Å². The second-order valence-corrected chi connectivity index (χ2v) is 3.87. The monoisotopic (exact) mass is 234 g/mol. The number of aryl methyl sites for hydroxylation is 1.